The van der Waals surface area contributed by atoms with E-state index >= 15 is 0 Å². The van der Waals surface area contributed by atoms with Crippen LogP contribution in [-0.4, -0.2) is 11.6 Å². The Morgan fingerprint density at radius 2 is 1.86 bits per heavy atom. The van der Waals surface area contributed by atoms with Gasteiger partial charge in [-0.1, -0.05) is 35.9 Å². The summed E-state index contributed by atoms with van der Waals surface area (Å²) in [6.07, 6.45) is 1.52. The molecule has 5 N–H and O–H groups in total. The second-order valence-corrected chi connectivity index (χ2v) is 8.10. The zero-order valence-corrected chi connectivity index (χ0v) is 17.4. The number of hydrogen-bond acceptors (Lipinski definition) is 6. The molecule has 0 fully saturated rings. The third-order valence-electron chi connectivity index (χ3n) is 5.04. The Bertz CT molecular complexity index is 933. The van der Waals surface area contributed by atoms with Gasteiger partial charge in [0, 0.05) is 0 Å². The molecule has 154 valence electrons. The average molecular weight is 396 g/mol. The van der Waals surface area contributed by atoms with E-state index in [1.807, 2.05) is 13.8 Å². The highest BCUT2D eigenvalue weighted by molar-refractivity contribution is 5.79. The first-order valence-corrected chi connectivity index (χ1v) is 9.74. The molecule has 0 aliphatic carbocycles. The van der Waals surface area contributed by atoms with Crippen molar-refractivity contribution in [3.05, 3.63) is 70.7 Å². The molecule has 6 nitrogen and oxygen atoms in total. The molecule has 6 heteroatoms. The topological polar surface area (TPSA) is 99.6 Å². The van der Waals surface area contributed by atoms with Crippen molar-refractivity contribution in [1.29, 1.82) is 0 Å². The molecule has 1 aliphatic heterocycles. The number of nitrogens with one attached hydrogen (secondary N) is 1. The Morgan fingerprint density at radius 1 is 1.17 bits per heavy atom. The van der Waals surface area contributed by atoms with E-state index in [-0.39, 0.29) is 0 Å². The van der Waals surface area contributed by atoms with Crippen molar-refractivity contribution in [3.8, 4) is 5.75 Å². The van der Waals surface area contributed by atoms with Gasteiger partial charge in [0.2, 0.25) is 0 Å². The molecular weight excluding hydrogens is 366 g/mol. The third kappa shape index (κ3) is 5.09. The molecule has 2 aromatic carbocycles. The summed E-state index contributed by atoms with van der Waals surface area (Å²) in [4.78, 5) is 12.7. The fraction of sp³-hybridized carbons (Fsp3) is 0.348. The highest BCUT2D eigenvalue weighted by Gasteiger charge is 2.28. The van der Waals surface area contributed by atoms with E-state index in [1.165, 1.54) is 11.1 Å². The zero-order chi connectivity index (χ0) is 21.2. The fourth-order valence-corrected chi connectivity index (χ4v) is 3.10. The highest BCUT2D eigenvalue weighted by atomic mass is 16.6. The first kappa shape index (κ1) is 20.7. The lowest BCUT2D eigenvalue weighted by molar-refractivity contribution is -0.158. The van der Waals surface area contributed by atoms with Crippen LogP contribution in [0.3, 0.4) is 0 Å². The van der Waals surface area contributed by atoms with Crippen molar-refractivity contribution in [2.45, 2.75) is 52.2 Å². The van der Waals surface area contributed by atoms with Crippen LogP contribution in [0.2, 0.25) is 0 Å². The van der Waals surface area contributed by atoms with Gasteiger partial charge in [0.15, 0.2) is 5.75 Å². The van der Waals surface area contributed by atoms with Gasteiger partial charge < -0.3 is 26.3 Å². The molecule has 0 radical (unpaired) electrons. The summed E-state index contributed by atoms with van der Waals surface area (Å²) in [5, 5.41) is 3.06. The van der Waals surface area contributed by atoms with Gasteiger partial charge in [-0.15, -0.1) is 0 Å². The molecule has 0 amide bonds. The molecular formula is C23H29N3O3. The number of carbonyl (C=O) groups is 1. The van der Waals surface area contributed by atoms with Crippen molar-refractivity contribution < 1.29 is 14.3 Å². The summed E-state index contributed by atoms with van der Waals surface area (Å²) in [7, 11) is 0. The molecule has 29 heavy (non-hydrogen) atoms. The van der Waals surface area contributed by atoms with Crippen molar-refractivity contribution in [1.82, 2.24) is 0 Å². The largest absolute Gasteiger partial charge is 0.458 e. The normalized spacial score (nSPS) is 14.5. The number of aryl methyl sites for hydroxylation is 2. The van der Waals surface area contributed by atoms with Crippen LogP contribution < -0.4 is 21.5 Å². The molecule has 0 spiro atoms. The summed E-state index contributed by atoms with van der Waals surface area (Å²) < 4.78 is 11.4. The zero-order valence-electron chi connectivity index (χ0n) is 17.4. The van der Waals surface area contributed by atoms with Gasteiger partial charge in [0.05, 0.1) is 5.69 Å². The minimum Gasteiger partial charge on any atom is -0.458 e. The smallest absolute Gasteiger partial charge is 0.328 e. The molecule has 3 rings (SSSR count). The van der Waals surface area contributed by atoms with E-state index in [4.69, 9.17) is 20.9 Å². The maximum Gasteiger partial charge on any atom is 0.328 e. The second-order valence-electron chi connectivity index (χ2n) is 8.10. The van der Waals surface area contributed by atoms with Gasteiger partial charge in [-0.3, -0.25) is 0 Å². The predicted octanol–water partition coefficient (Wildman–Crippen LogP) is 3.90. The Kier molecular flexibility index (Phi) is 5.84. The van der Waals surface area contributed by atoms with Gasteiger partial charge in [-0.2, -0.15) is 0 Å². The summed E-state index contributed by atoms with van der Waals surface area (Å²) in [6, 6.07) is 12.8. The molecule has 0 bridgehead atoms. The quantitative estimate of drug-likeness (QED) is 0.642. The van der Waals surface area contributed by atoms with Gasteiger partial charge in [-0.25, -0.2) is 4.79 Å². The van der Waals surface area contributed by atoms with Crippen LogP contribution in [0.15, 0.2) is 54.0 Å². The Balaban J connectivity index is 1.62. The number of allylic oxidation sites excluding steroid dienone is 1. The number of anilines is 1. The summed E-state index contributed by atoms with van der Waals surface area (Å²) in [5.74, 6) is 1.21. The second kappa shape index (κ2) is 8.17. The first-order valence-electron chi connectivity index (χ1n) is 9.74. The SMILES string of the molecule is CC1=C(N)Nc2cc(C(N)C(=O)OC(C)(C)CCc3ccc(C)cc3)ccc2O1. The Morgan fingerprint density at radius 3 is 2.55 bits per heavy atom. The Labute approximate surface area is 171 Å². The van der Waals surface area contributed by atoms with Crippen molar-refractivity contribution in [3.63, 3.8) is 0 Å². The van der Waals surface area contributed by atoms with Crippen molar-refractivity contribution in [2.24, 2.45) is 11.5 Å². The molecule has 1 aliphatic rings. The number of hydrogen-bond donors (Lipinski definition) is 3. The van der Waals surface area contributed by atoms with Crippen LogP contribution in [0.4, 0.5) is 5.69 Å². The highest BCUT2D eigenvalue weighted by Crippen LogP contribution is 2.33. The lowest BCUT2D eigenvalue weighted by Gasteiger charge is -2.27. The number of carbonyl (C=O) groups excluding carboxylic acids is 1. The van der Waals surface area contributed by atoms with Crippen LogP contribution in [-0.2, 0) is 16.0 Å². The van der Waals surface area contributed by atoms with Gasteiger partial charge in [-0.05, 0) is 63.8 Å². The summed E-state index contributed by atoms with van der Waals surface area (Å²) in [6.45, 7) is 7.65. The third-order valence-corrected chi connectivity index (χ3v) is 5.04. The lowest BCUT2D eigenvalue weighted by Crippen LogP contribution is -2.34. The number of ether oxygens (including phenoxy) is 2. The van der Waals surface area contributed by atoms with Crippen LogP contribution in [0.25, 0.3) is 0 Å². The van der Waals surface area contributed by atoms with Crippen molar-refractivity contribution in [2.75, 3.05) is 5.32 Å². The molecule has 2 aromatic rings. The number of rotatable bonds is 6. The van der Waals surface area contributed by atoms with Gasteiger partial charge in [0.25, 0.3) is 0 Å². The van der Waals surface area contributed by atoms with E-state index < -0.39 is 17.6 Å². The van der Waals surface area contributed by atoms with E-state index in [1.54, 1.807) is 25.1 Å². The number of benzene rings is 2. The van der Waals surface area contributed by atoms with Crippen LogP contribution in [0.5, 0.6) is 5.75 Å². The standard InChI is InChI=1S/C23H29N3O3/c1-14-5-7-16(8-6-14)11-12-23(3,4)29-22(27)20(24)17-9-10-19-18(13-17)26-21(25)15(2)28-19/h5-10,13,20,26H,11-12,24-25H2,1-4H3. The maximum absolute atomic E-state index is 12.7. The van der Waals surface area contributed by atoms with E-state index in [0.29, 0.717) is 35.0 Å². The van der Waals surface area contributed by atoms with E-state index in [9.17, 15) is 4.79 Å². The number of esters is 1. The number of nitrogens with two attached hydrogens (primary N) is 2. The van der Waals surface area contributed by atoms with Crippen LogP contribution >= 0.6 is 0 Å². The van der Waals surface area contributed by atoms with E-state index in [0.717, 1.165) is 6.42 Å². The molecule has 1 heterocycles. The van der Waals surface area contributed by atoms with Gasteiger partial charge in [0.1, 0.15) is 23.2 Å². The average Bonchev–Trinajstić information content (AvgIpc) is 2.67. The summed E-state index contributed by atoms with van der Waals surface area (Å²) >= 11 is 0. The molecule has 1 unspecified atom stereocenters. The predicted molar refractivity (Wildman–Crippen MR) is 114 cm³/mol. The number of fused-ring (bicyclic) bond motifs is 1. The minimum absolute atomic E-state index is 0.433. The first-order chi connectivity index (χ1) is 13.6. The molecule has 1 atom stereocenters. The lowest BCUT2D eigenvalue weighted by atomic mass is 9.97. The van der Waals surface area contributed by atoms with Gasteiger partial charge >= 0.3 is 5.97 Å². The fourth-order valence-electron chi connectivity index (χ4n) is 3.10. The van der Waals surface area contributed by atoms with Crippen LogP contribution in [0, 0.1) is 6.92 Å². The van der Waals surface area contributed by atoms with Crippen molar-refractivity contribution >= 4 is 11.7 Å². The monoisotopic (exact) mass is 395 g/mol. The van der Waals surface area contributed by atoms with Crippen LogP contribution in [0.1, 0.15) is 49.9 Å². The minimum atomic E-state index is -0.894. The Hall–Kier alpha value is -2.99. The summed E-state index contributed by atoms with van der Waals surface area (Å²) in [5.41, 5.74) is 15.2. The molecule has 0 saturated carbocycles. The molecule has 0 aromatic heterocycles. The molecule has 0 saturated heterocycles. The van der Waals surface area contributed by atoms with E-state index in [2.05, 4.69) is 36.5 Å². The maximum atomic E-state index is 12.7.